The molecule has 2 aromatic carbocycles. The van der Waals surface area contributed by atoms with Crippen LogP contribution < -0.4 is 5.32 Å². The summed E-state index contributed by atoms with van der Waals surface area (Å²) in [5, 5.41) is 3.69. The van der Waals surface area contributed by atoms with Crippen molar-refractivity contribution >= 4 is 38.4 Å². The van der Waals surface area contributed by atoms with Gasteiger partial charge in [0.15, 0.2) is 0 Å². The summed E-state index contributed by atoms with van der Waals surface area (Å²) in [5.41, 5.74) is 2.64. The van der Waals surface area contributed by atoms with Crippen molar-refractivity contribution in [3.05, 3.63) is 65.9 Å². The monoisotopic (exact) mass is 452 g/mol. The summed E-state index contributed by atoms with van der Waals surface area (Å²) in [6, 6.07) is 13.4. The third-order valence-corrected chi connectivity index (χ3v) is 7.53. The van der Waals surface area contributed by atoms with Gasteiger partial charge in [-0.2, -0.15) is 4.31 Å². The van der Waals surface area contributed by atoms with Gasteiger partial charge in [0.1, 0.15) is 0 Å². The van der Waals surface area contributed by atoms with Crippen LogP contribution >= 0.6 is 0 Å². The van der Waals surface area contributed by atoms with Crippen LogP contribution in [0.1, 0.15) is 22.8 Å². The van der Waals surface area contributed by atoms with Crippen molar-refractivity contribution in [1.82, 2.24) is 14.2 Å². The van der Waals surface area contributed by atoms with Gasteiger partial charge in [0, 0.05) is 50.2 Å². The van der Waals surface area contributed by atoms with Gasteiger partial charge in [-0.25, -0.2) is 8.42 Å². The van der Waals surface area contributed by atoms with Crippen LogP contribution in [0.3, 0.4) is 0 Å². The molecule has 3 aromatic rings. The Morgan fingerprint density at radius 1 is 1.00 bits per heavy atom. The molecule has 1 N–H and O–H groups in total. The third kappa shape index (κ3) is 4.21. The van der Waals surface area contributed by atoms with Crippen LogP contribution in [-0.4, -0.2) is 60.6 Å². The minimum Gasteiger partial charge on any atom is -0.340 e. The van der Waals surface area contributed by atoms with Gasteiger partial charge < -0.3 is 10.2 Å². The van der Waals surface area contributed by atoms with E-state index in [4.69, 9.17) is 0 Å². The van der Waals surface area contributed by atoms with E-state index in [0.717, 1.165) is 16.5 Å². The number of pyridine rings is 1. The maximum absolute atomic E-state index is 13.1. The van der Waals surface area contributed by atoms with E-state index < -0.39 is 15.9 Å². The van der Waals surface area contributed by atoms with Gasteiger partial charge in [0.25, 0.3) is 5.91 Å². The summed E-state index contributed by atoms with van der Waals surface area (Å²) in [7, 11) is -3.77. The highest BCUT2D eigenvalue weighted by atomic mass is 32.2. The zero-order valence-electron chi connectivity index (χ0n) is 17.9. The molecule has 1 saturated heterocycles. The van der Waals surface area contributed by atoms with Gasteiger partial charge >= 0.3 is 0 Å². The highest BCUT2D eigenvalue weighted by Gasteiger charge is 2.29. The second-order valence-corrected chi connectivity index (χ2v) is 9.66. The normalized spacial score (nSPS) is 15.0. The Kier molecular flexibility index (Phi) is 5.94. The van der Waals surface area contributed by atoms with E-state index in [0.29, 0.717) is 18.8 Å². The molecule has 0 saturated carbocycles. The molecule has 1 aliphatic heterocycles. The molecule has 1 aliphatic rings. The fourth-order valence-corrected chi connectivity index (χ4v) is 5.29. The second kappa shape index (κ2) is 8.68. The molecule has 0 bridgehead atoms. The number of aryl methyl sites for hydroxylation is 1. The number of piperazine rings is 1. The van der Waals surface area contributed by atoms with Gasteiger partial charge in [-0.1, -0.05) is 24.3 Å². The Hall–Kier alpha value is -3.30. The Bertz CT molecular complexity index is 1300. The molecule has 2 heterocycles. The van der Waals surface area contributed by atoms with E-state index in [9.17, 15) is 18.0 Å². The summed E-state index contributed by atoms with van der Waals surface area (Å²) in [4.78, 5) is 30.5. The SMILES string of the molecule is CC(=O)N1CCN(S(=O)(=O)c2cccc(C(=O)Nc3ccnc4c(C)cccc34)c2)CC1. The van der Waals surface area contributed by atoms with Crippen molar-refractivity contribution in [2.75, 3.05) is 31.5 Å². The number of carbonyl (C=O) groups is 2. The first-order valence-corrected chi connectivity index (χ1v) is 11.7. The Morgan fingerprint density at radius 3 is 2.44 bits per heavy atom. The van der Waals surface area contributed by atoms with Crippen molar-refractivity contribution in [3.8, 4) is 0 Å². The lowest BCUT2D eigenvalue weighted by Crippen LogP contribution is -2.49. The van der Waals surface area contributed by atoms with Gasteiger partial charge in [-0.3, -0.25) is 14.6 Å². The van der Waals surface area contributed by atoms with Crippen molar-refractivity contribution in [2.45, 2.75) is 18.7 Å². The third-order valence-electron chi connectivity index (χ3n) is 5.64. The van der Waals surface area contributed by atoms with Crippen LogP contribution in [0.2, 0.25) is 0 Å². The quantitative estimate of drug-likeness (QED) is 0.656. The summed E-state index contributed by atoms with van der Waals surface area (Å²) >= 11 is 0. The van der Waals surface area contributed by atoms with Gasteiger partial charge in [0.2, 0.25) is 15.9 Å². The minimum absolute atomic E-state index is 0.0526. The minimum atomic E-state index is -3.77. The zero-order valence-corrected chi connectivity index (χ0v) is 18.7. The summed E-state index contributed by atoms with van der Waals surface area (Å²) in [6.45, 7) is 4.57. The standard InChI is InChI=1S/C23H24N4O4S/c1-16-5-3-8-20-21(9-10-24-22(16)20)25-23(29)18-6-4-7-19(15-18)32(30,31)27-13-11-26(12-14-27)17(2)28/h3-10,15H,11-14H2,1-2H3,(H,24,25,29). The Balaban J connectivity index is 1.56. The molecule has 4 rings (SSSR count). The number of hydrogen-bond donors (Lipinski definition) is 1. The van der Waals surface area contributed by atoms with Crippen LogP contribution in [0, 0.1) is 6.92 Å². The number of benzene rings is 2. The number of sulfonamides is 1. The Labute approximate surface area is 186 Å². The Morgan fingerprint density at radius 2 is 1.72 bits per heavy atom. The van der Waals surface area contributed by atoms with Crippen LogP contribution in [0.15, 0.2) is 59.6 Å². The second-order valence-electron chi connectivity index (χ2n) is 7.72. The molecule has 1 aromatic heterocycles. The predicted octanol–water partition coefficient (Wildman–Crippen LogP) is 2.65. The van der Waals surface area contributed by atoms with E-state index >= 15 is 0 Å². The molecular weight excluding hydrogens is 428 g/mol. The van der Waals surface area contributed by atoms with Crippen LogP contribution in [0.5, 0.6) is 0 Å². The number of nitrogens with zero attached hydrogens (tertiary/aromatic N) is 3. The van der Waals surface area contributed by atoms with E-state index in [1.807, 2.05) is 25.1 Å². The first-order chi connectivity index (χ1) is 15.3. The lowest BCUT2D eigenvalue weighted by molar-refractivity contribution is -0.129. The topological polar surface area (TPSA) is 99.7 Å². The highest BCUT2D eigenvalue weighted by molar-refractivity contribution is 7.89. The molecule has 8 nitrogen and oxygen atoms in total. The average Bonchev–Trinajstić information content (AvgIpc) is 2.80. The van der Waals surface area contributed by atoms with Gasteiger partial charge in [0.05, 0.1) is 16.1 Å². The molecule has 0 aliphatic carbocycles. The molecule has 1 fully saturated rings. The molecule has 2 amide bonds. The number of amides is 2. The molecular formula is C23H24N4O4S. The smallest absolute Gasteiger partial charge is 0.255 e. The van der Waals surface area contributed by atoms with Crippen LogP contribution in [-0.2, 0) is 14.8 Å². The summed E-state index contributed by atoms with van der Waals surface area (Å²) in [5.74, 6) is -0.475. The lowest BCUT2D eigenvalue weighted by atomic mass is 10.1. The van der Waals surface area contributed by atoms with E-state index in [1.165, 1.54) is 23.4 Å². The van der Waals surface area contributed by atoms with Crippen molar-refractivity contribution < 1.29 is 18.0 Å². The number of hydrogen-bond acceptors (Lipinski definition) is 5. The number of carbonyl (C=O) groups excluding carboxylic acids is 2. The van der Waals surface area contributed by atoms with E-state index in [2.05, 4.69) is 10.3 Å². The molecule has 0 unspecified atom stereocenters. The number of para-hydroxylation sites is 1. The van der Waals surface area contributed by atoms with Gasteiger partial charge in [-0.15, -0.1) is 0 Å². The first-order valence-electron chi connectivity index (χ1n) is 10.3. The number of anilines is 1. The lowest BCUT2D eigenvalue weighted by Gasteiger charge is -2.33. The highest BCUT2D eigenvalue weighted by Crippen LogP contribution is 2.25. The molecule has 0 atom stereocenters. The number of aromatic nitrogens is 1. The van der Waals surface area contributed by atoms with E-state index in [1.54, 1.807) is 29.3 Å². The van der Waals surface area contributed by atoms with Crippen molar-refractivity contribution in [1.29, 1.82) is 0 Å². The number of nitrogens with one attached hydrogen (secondary N) is 1. The maximum Gasteiger partial charge on any atom is 0.255 e. The summed E-state index contributed by atoms with van der Waals surface area (Å²) < 4.78 is 27.5. The van der Waals surface area contributed by atoms with E-state index in [-0.39, 0.29) is 29.5 Å². The average molecular weight is 453 g/mol. The van der Waals surface area contributed by atoms with Crippen molar-refractivity contribution in [3.63, 3.8) is 0 Å². The van der Waals surface area contributed by atoms with Crippen LogP contribution in [0.4, 0.5) is 5.69 Å². The van der Waals surface area contributed by atoms with Gasteiger partial charge in [-0.05, 0) is 36.8 Å². The van der Waals surface area contributed by atoms with Crippen LogP contribution in [0.25, 0.3) is 10.9 Å². The zero-order chi connectivity index (χ0) is 22.9. The predicted molar refractivity (Wildman–Crippen MR) is 122 cm³/mol. The number of fused-ring (bicyclic) bond motifs is 1. The number of rotatable bonds is 4. The summed E-state index contributed by atoms with van der Waals surface area (Å²) in [6.07, 6.45) is 1.63. The molecule has 0 spiro atoms. The largest absolute Gasteiger partial charge is 0.340 e. The molecule has 32 heavy (non-hydrogen) atoms. The molecule has 166 valence electrons. The van der Waals surface area contributed by atoms with Crippen molar-refractivity contribution in [2.24, 2.45) is 0 Å². The fourth-order valence-electron chi connectivity index (χ4n) is 3.82. The fraction of sp³-hybridized carbons (Fsp3) is 0.261. The first kappa shape index (κ1) is 21.9. The maximum atomic E-state index is 13.1. The molecule has 0 radical (unpaired) electrons. The molecule has 9 heteroatoms.